The third kappa shape index (κ3) is 6.35. The predicted octanol–water partition coefficient (Wildman–Crippen LogP) is 2.25. The van der Waals surface area contributed by atoms with Crippen LogP contribution in [0.4, 0.5) is 0 Å². The molecule has 0 aromatic carbocycles. The van der Waals surface area contributed by atoms with Crippen LogP contribution in [0.25, 0.3) is 0 Å². The maximum Gasteiger partial charge on any atom is 0.236 e. The molecule has 21 heavy (non-hydrogen) atoms. The number of hydrogen-bond donors (Lipinski definition) is 2. The number of piperidine rings is 1. The van der Waals surface area contributed by atoms with Crippen LogP contribution in [0.1, 0.15) is 53.4 Å². The van der Waals surface area contributed by atoms with Gasteiger partial charge in [0.1, 0.15) is 0 Å². The number of likely N-dealkylation sites (N-methyl/N-ethyl adjacent to an activating group) is 1. The molecule has 2 N–H and O–H groups in total. The summed E-state index contributed by atoms with van der Waals surface area (Å²) in [5, 5.41) is 6.39. The van der Waals surface area contributed by atoms with Crippen LogP contribution < -0.4 is 10.6 Å². The van der Waals surface area contributed by atoms with Crippen molar-refractivity contribution in [1.29, 1.82) is 0 Å². The second-order valence-corrected chi connectivity index (χ2v) is 6.95. The smallest absolute Gasteiger partial charge is 0.236 e. The lowest BCUT2D eigenvalue weighted by molar-refractivity contribution is -0.123. The zero-order valence-electron chi connectivity index (χ0n) is 14.6. The summed E-state index contributed by atoms with van der Waals surface area (Å²) in [7, 11) is 1.73. The molecule has 1 aliphatic heterocycles. The van der Waals surface area contributed by atoms with Crippen LogP contribution >= 0.6 is 0 Å². The number of nitrogens with zero attached hydrogens (tertiary/aromatic N) is 1. The van der Waals surface area contributed by atoms with Crippen molar-refractivity contribution >= 4 is 5.91 Å². The van der Waals surface area contributed by atoms with E-state index >= 15 is 0 Å². The number of amides is 1. The summed E-state index contributed by atoms with van der Waals surface area (Å²) < 4.78 is 0. The lowest BCUT2D eigenvalue weighted by atomic mass is 9.90. The van der Waals surface area contributed by atoms with Crippen molar-refractivity contribution in [1.82, 2.24) is 15.5 Å². The first-order valence-electron chi connectivity index (χ1n) is 8.67. The van der Waals surface area contributed by atoms with Crippen LogP contribution in [0, 0.1) is 11.8 Å². The van der Waals surface area contributed by atoms with Crippen molar-refractivity contribution in [3.05, 3.63) is 0 Å². The molecule has 0 aromatic rings. The standard InChI is InChI=1S/C17H35N3O/c1-6-9-20-10-7-8-15(12-20)14(4)19-16(11-13(2)3)17(21)18-5/h13-16,19H,6-12H2,1-5H3,(H,18,21). The Morgan fingerprint density at radius 1 is 1.33 bits per heavy atom. The number of likely N-dealkylation sites (tertiary alicyclic amines) is 1. The molecule has 1 saturated heterocycles. The highest BCUT2D eigenvalue weighted by atomic mass is 16.2. The largest absolute Gasteiger partial charge is 0.358 e. The molecule has 0 radical (unpaired) electrons. The summed E-state index contributed by atoms with van der Waals surface area (Å²) in [4.78, 5) is 14.6. The fraction of sp³-hybridized carbons (Fsp3) is 0.941. The number of carbonyl (C=O) groups excluding carboxylic acids is 1. The van der Waals surface area contributed by atoms with Crippen molar-refractivity contribution < 1.29 is 4.79 Å². The van der Waals surface area contributed by atoms with E-state index < -0.39 is 0 Å². The van der Waals surface area contributed by atoms with E-state index in [4.69, 9.17) is 0 Å². The number of hydrogen-bond acceptors (Lipinski definition) is 3. The van der Waals surface area contributed by atoms with E-state index in [9.17, 15) is 4.79 Å². The molecule has 1 fully saturated rings. The average Bonchev–Trinajstić information content (AvgIpc) is 2.45. The Morgan fingerprint density at radius 3 is 2.62 bits per heavy atom. The third-order valence-electron chi connectivity index (χ3n) is 4.52. The number of rotatable bonds is 8. The van der Waals surface area contributed by atoms with E-state index in [0.717, 1.165) is 6.42 Å². The maximum atomic E-state index is 12.0. The zero-order valence-corrected chi connectivity index (χ0v) is 14.6. The summed E-state index contributed by atoms with van der Waals surface area (Å²) in [5.74, 6) is 1.30. The van der Waals surface area contributed by atoms with Crippen molar-refractivity contribution in [3.8, 4) is 0 Å². The summed E-state index contributed by atoms with van der Waals surface area (Å²) in [6.45, 7) is 12.4. The Balaban J connectivity index is 2.55. The molecule has 0 bridgehead atoms. The molecule has 3 atom stereocenters. The van der Waals surface area contributed by atoms with Gasteiger partial charge in [-0.15, -0.1) is 0 Å². The minimum Gasteiger partial charge on any atom is -0.358 e. The van der Waals surface area contributed by atoms with Crippen LogP contribution in [0.5, 0.6) is 0 Å². The van der Waals surface area contributed by atoms with Crippen LogP contribution in [-0.4, -0.2) is 49.6 Å². The van der Waals surface area contributed by atoms with Gasteiger partial charge in [-0.3, -0.25) is 4.79 Å². The molecule has 0 saturated carbocycles. The van der Waals surface area contributed by atoms with Gasteiger partial charge in [0, 0.05) is 19.6 Å². The molecule has 1 aliphatic rings. The molecule has 4 heteroatoms. The topological polar surface area (TPSA) is 44.4 Å². The Morgan fingerprint density at radius 2 is 2.05 bits per heavy atom. The van der Waals surface area contributed by atoms with Crippen LogP contribution in [0.15, 0.2) is 0 Å². The van der Waals surface area contributed by atoms with Crippen molar-refractivity contribution in [2.24, 2.45) is 11.8 Å². The minimum atomic E-state index is -0.0634. The lowest BCUT2D eigenvalue weighted by Crippen LogP contribution is -2.52. The highest BCUT2D eigenvalue weighted by molar-refractivity contribution is 5.81. The predicted molar refractivity (Wildman–Crippen MR) is 89.4 cm³/mol. The van der Waals surface area contributed by atoms with Crippen LogP contribution in [0.3, 0.4) is 0 Å². The van der Waals surface area contributed by atoms with Gasteiger partial charge in [-0.25, -0.2) is 0 Å². The normalized spacial score (nSPS) is 23.0. The molecule has 0 aliphatic carbocycles. The Hall–Kier alpha value is -0.610. The van der Waals surface area contributed by atoms with Crippen LogP contribution in [0.2, 0.25) is 0 Å². The minimum absolute atomic E-state index is 0.0634. The van der Waals surface area contributed by atoms with E-state index in [-0.39, 0.29) is 11.9 Å². The second-order valence-electron chi connectivity index (χ2n) is 6.95. The van der Waals surface area contributed by atoms with Gasteiger partial charge in [0.25, 0.3) is 0 Å². The van der Waals surface area contributed by atoms with E-state index in [2.05, 4.69) is 43.2 Å². The SMILES string of the molecule is CCCN1CCCC(C(C)NC(CC(C)C)C(=O)NC)C1. The summed E-state index contributed by atoms with van der Waals surface area (Å²) in [6, 6.07) is 0.331. The monoisotopic (exact) mass is 297 g/mol. The summed E-state index contributed by atoms with van der Waals surface area (Å²) >= 11 is 0. The fourth-order valence-electron chi connectivity index (χ4n) is 3.37. The maximum absolute atomic E-state index is 12.0. The van der Waals surface area contributed by atoms with Crippen molar-refractivity contribution in [2.75, 3.05) is 26.7 Å². The van der Waals surface area contributed by atoms with Gasteiger partial charge in [-0.2, -0.15) is 0 Å². The van der Waals surface area contributed by atoms with Gasteiger partial charge >= 0.3 is 0 Å². The summed E-state index contributed by atoms with van der Waals surface area (Å²) in [5.41, 5.74) is 0. The van der Waals surface area contributed by atoms with Gasteiger partial charge in [0.15, 0.2) is 0 Å². The van der Waals surface area contributed by atoms with Crippen LogP contribution in [-0.2, 0) is 4.79 Å². The molecule has 1 amide bonds. The van der Waals surface area contributed by atoms with Gasteiger partial charge in [0.2, 0.25) is 5.91 Å². The van der Waals surface area contributed by atoms with Gasteiger partial charge in [-0.1, -0.05) is 20.8 Å². The quantitative estimate of drug-likeness (QED) is 0.722. The van der Waals surface area contributed by atoms with E-state index in [1.807, 2.05) is 0 Å². The first kappa shape index (κ1) is 18.4. The van der Waals surface area contributed by atoms with Crippen molar-refractivity contribution in [3.63, 3.8) is 0 Å². The third-order valence-corrected chi connectivity index (χ3v) is 4.52. The average molecular weight is 297 g/mol. The highest BCUT2D eigenvalue weighted by Crippen LogP contribution is 2.21. The Bertz CT molecular complexity index is 304. The first-order chi connectivity index (χ1) is 9.97. The molecule has 1 heterocycles. The molecule has 124 valence electrons. The molecular formula is C17H35N3O. The Labute approximate surface area is 131 Å². The molecule has 4 nitrogen and oxygen atoms in total. The highest BCUT2D eigenvalue weighted by Gasteiger charge is 2.28. The number of carbonyl (C=O) groups is 1. The molecule has 0 spiro atoms. The van der Waals surface area contributed by atoms with Gasteiger partial charge in [0.05, 0.1) is 6.04 Å². The van der Waals surface area contributed by atoms with E-state index in [1.54, 1.807) is 7.05 Å². The molecule has 3 unspecified atom stereocenters. The summed E-state index contributed by atoms with van der Waals surface area (Å²) in [6.07, 6.45) is 4.68. The fourth-order valence-corrected chi connectivity index (χ4v) is 3.37. The molecular weight excluding hydrogens is 262 g/mol. The van der Waals surface area contributed by atoms with E-state index in [0.29, 0.717) is 17.9 Å². The number of nitrogens with one attached hydrogen (secondary N) is 2. The van der Waals surface area contributed by atoms with E-state index in [1.165, 1.54) is 38.9 Å². The lowest BCUT2D eigenvalue weighted by Gasteiger charge is -2.37. The van der Waals surface area contributed by atoms with Gasteiger partial charge in [-0.05, 0) is 57.5 Å². The molecule has 0 aromatic heterocycles. The van der Waals surface area contributed by atoms with Gasteiger partial charge < -0.3 is 15.5 Å². The molecule has 1 rings (SSSR count). The second kappa shape index (κ2) is 9.42. The zero-order chi connectivity index (χ0) is 15.8. The first-order valence-corrected chi connectivity index (χ1v) is 8.67. The Kier molecular flexibility index (Phi) is 8.27. The van der Waals surface area contributed by atoms with Crippen molar-refractivity contribution in [2.45, 2.75) is 65.5 Å².